The van der Waals surface area contributed by atoms with Gasteiger partial charge in [0.25, 0.3) is 11.5 Å². The molecule has 0 unspecified atom stereocenters. The van der Waals surface area contributed by atoms with Gasteiger partial charge < -0.3 is 0 Å². The van der Waals surface area contributed by atoms with E-state index in [1.807, 2.05) is 0 Å². The van der Waals surface area contributed by atoms with E-state index in [0.29, 0.717) is 32.3 Å². The van der Waals surface area contributed by atoms with E-state index in [2.05, 4.69) is 15.3 Å². The lowest BCUT2D eigenvalue weighted by Gasteiger charge is -2.02. The highest BCUT2D eigenvalue weighted by atomic mass is 32.1. The number of amides is 1. The van der Waals surface area contributed by atoms with Crippen molar-refractivity contribution in [2.24, 2.45) is 0 Å². The predicted molar refractivity (Wildman–Crippen MR) is 87.0 cm³/mol. The standard InChI is InChI=1S/C14H12N4O2S2/c1-7-9-12(16-8-3-2-5-18(8)13(9)20)22-10(7)11(19)17-14-15-4-6-21-14/h4,6H,2-3,5H2,1H3,(H,15,17,19). The van der Waals surface area contributed by atoms with Gasteiger partial charge in [-0.25, -0.2) is 9.97 Å². The lowest BCUT2D eigenvalue weighted by Crippen LogP contribution is -2.20. The molecular formula is C14H12N4O2S2. The molecule has 22 heavy (non-hydrogen) atoms. The zero-order valence-electron chi connectivity index (χ0n) is 11.8. The number of anilines is 1. The third-order valence-corrected chi connectivity index (χ3v) is 5.64. The van der Waals surface area contributed by atoms with Gasteiger partial charge in [0.1, 0.15) is 10.7 Å². The number of fused-ring (bicyclic) bond motifs is 2. The number of aromatic nitrogens is 3. The lowest BCUT2D eigenvalue weighted by molar-refractivity contribution is 0.103. The summed E-state index contributed by atoms with van der Waals surface area (Å²) in [7, 11) is 0. The Morgan fingerprint density at radius 2 is 2.32 bits per heavy atom. The molecule has 0 spiro atoms. The average molecular weight is 332 g/mol. The summed E-state index contributed by atoms with van der Waals surface area (Å²) in [6.07, 6.45) is 3.41. The Labute approximate surface area is 133 Å². The number of hydrogen-bond acceptors (Lipinski definition) is 6. The van der Waals surface area contributed by atoms with Crippen molar-refractivity contribution in [2.75, 3.05) is 5.32 Å². The summed E-state index contributed by atoms with van der Waals surface area (Å²) >= 11 is 2.63. The maximum Gasteiger partial charge on any atom is 0.267 e. The van der Waals surface area contributed by atoms with Crippen molar-refractivity contribution in [3.05, 3.63) is 38.2 Å². The molecule has 3 aromatic rings. The van der Waals surface area contributed by atoms with Gasteiger partial charge in [-0.3, -0.25) is 19.5 Å². The Balaban J connectivity index is 1.83. The molecule has 0 bridgehead atoms. The molecule has 1 N–H and O–H groups in total. The van der Waals surface area contributed by atoms with E-state index in [9.17, 15) is 9.59 Å². The van der Waals surface area contributed by atoms with E-state index < -0.39 is 0 Å². The first-order valence-corrected chi connectivity index (χ1v) is 8.58. The third kappa shape index (κ3) is 1.98. The van der Waals surface area contributed by atoms with Crippen molar-refractivity contribution in [1.29, 1.82) is 0 Å². The highest BCUT2D eigenvalue weighted by molar-refractivity contribution is 7.21. The third-order valence-electron chi connectivity index (χ3n) is 3.77. The fourth-order valence-electron chi connectivity index (χ4n) is 2.73. The van der Waals surface area contributed by atoms with Crippen LogP contribution in [-0.2, 0) is 13.0 Å². The fourth-order valence-corrected chi connectivity index (χ4v) is 4.34. The number of aryl methyl sites for hydroxylation is 2. The first kappa shape index (κ1) is 13.6. The van der Waals surface area contributed by atoms with Crippen LogP contribution in [-0.4, -0.2) is 20.4 Å². The molecule has 0 saturated carbocycles. The van der Waals surface area contributed by atoms with Crippen LogP contribution >= 0.6 is 22.7 Å². The van der Waals surface area contributed by atoms with E-state index in [1.54, 1.807) is 23.1 Å². The molecule has 0 saturated heterocycles. The molecule has 0 aromatic carbocycles. The predicted octanol–water partition coefficient (Wildman–Crippen LogP) is 2.42. The van der Waals surface area contributed by atoms with Gasteiger partial charge in [-0.1, -0.05) is 0 Å². The molecule has 112 valence electrons. The Morgan fingerprint density at radius 3 is 3.09 bits per heavy atom. The zero-order valence-corrected chi connectivity index (χ0v) is 13.4. The van der Waals surface area contributed by atoms with Crippen LogP contribution in [0.25, 0.3) is 10.2 Å². The maximum absolute atomic E-state index is 12.6. The largest absolute Gasteiger partial charge is 0.297 e. The second-order valence-corrected chi connectivity index (χ2v) is 7.01. The molecule has 0 atom stereocenters. The van der Waals surface area contributed by atoms with Crippen molar-refractivity contribution in [2.45, 2.75) is 26.3 Å². The van der Waals surface area contributed by atoms with Gasteiger partial charge in [-0.15, -0.1) is 22.7 Å². The monoisotopic (exact) mass is 332 g/mol. The SMILES string of the molecule is Cc1c(C(=O)Nc2nccs2)sc2nc3n(c(=O)c12)CCC3. The quantitative estimate of drug-likeness (QED) is 0.782. The van der Waals surface area contributed by atoms with E-state index in [-0.39, 0.29) is 11.5 Å². The minimum Gasteiger partial charge on any atom is -0.297 e. The molecule has 6 nitrogen and oxygen atoms in total. The average Bonchev–Trinajstić information content (AvgIpc) is 3.19. The lowest BCUT2D eigenvalue weighted by atomic mass is 10.2. The van der Waals surface area contributed by atoms with Crippen LogP contribution in [0.4, 0.5) is 5.13 Å². The van der Waals surface area contributed by atoms with Crippen LogP contribution in [0.5, 0.6) is 0 Å². The molecular weight excluding hydrogens is 320 g/mol. The number of nitrogens with zero attached hydrogens (tertiary/aromatic N) is 3. The van der Waals surface area contributed by atoms with Crippen LogP contribution in [0.3, 0.4) is 0 Å². The smallest absolute Gasteiger partial charge is 0.267 e. The number of carbonyl (C=O) groups excluding carboxylic acids is 1. The number of hydrogen-bond donors (Lipinski definition) is 1. The van der Waals surface area contributed by atoms with E-state index >= 15 is 0 Å². The van der Waals surface area contributed by atoms with Crippen LogP contribution < -0.4 is 10.9 Å². The second kappa shape index (κ2) is 4.99. The molecule has 1 amide bonds. The summed E-state index contributed by atoms with van der Waals surface area (Å²) in [6.45, 7) is 2.52. The second-order valence-electron chi connectivity index (χ2n) is 5.12. The van der Waals surface area contributed by atoms with Gasteiger partial charge in [0.05, 0.1) is 10.3 Å². The summed E-state index contributed by atoms with van der Waals surface area (Å²) in [5.41, 5.74) is 0.674. The van der Waals surface area contributed by atoms with E-state index in [1.165, 1.54) is 22.7 Å². The van der Waals surface area contributed by atoms with Crippen LogP contribution in [0.15, 0.2) is 16.4 Å². The summed E-state index contributed by atoms with van der Waals surface area (Å²) < 4.78 is 1.73. The Bertz CT molecular complexity index is 940. The van der Waals surface area contributed by atoms with Crippen molar-refractivity contribution in [3.8, 4) is 0 Å². The van der Waals surface area contributed by atoms with Gasteiger partial charge in [0, 0.05) is 24.5 Å². The van der Waals surface area contributed by atoms with E-state index in [4.69, 9.17) is 0 Å². The summed E-state index contributed by atoms with van der Waals surface area (Å²) in [5.74, 6) is 0.589. The number of nitrogens with one attached hydrogen (secondary N) is 1. The van der Waals surface area contributed by atoms with Gasteiger partial charge in [-0.2, -0.15) is 0 Å². The van der Waals surface area contributed by atoms with Crippen molar-refractivity contribution >= 4 is 43.9 Å². The molecule has 1 aliphatic heterocycles. The van der Waals surface area contributed by atoms with Crippen molar-refractivity contribution in [1.82, 2.24) is 14.5 Å². The molecule has 1 aliphatic rings. The Morgan fingerprint density at radius 1 is 1.45 bits per heavy atom. The first-order chi connectivity index (χ1) is 10.6. The number of thiophene rings is 1. The molecule has 0 radical (unpaired) electrons. The molecule has 4 rings (SSSR count). The normalized spacial score (nSPS) is 13.5. The minimum absolute atomic E-state index is 0.0282. The molecule has 3 aromatic heterocycles. The molecule has 0 aliphatic carbocycles. The van der Waals surface area contributed by atoms with Gasteiger partial charge in [0.15, 0.2) is 5.13 Å². The Hall–Kier alpha value is -2.06. The van der Waals surface area contributed by atoms with Gasteiger partial charge in [0.2, 0.25) is 0 Å². The highest BCUT2D eigenvalue weighted by Crippen LogP contribution is 2.29. The first-order valence-electron chi connectivity index (χ1n) is 6.89. The number of carbonyl (C=O) groups is 1. The van der Waals surface area contributed by atoms with E-state index in [0.717, 1.165) is 18.7 Å². The molecule has 0 fully saturated rings. The van der Waals surface area contributed by atoms with Crippen LogP contribution in [0, 0.1) is 6.92 Å². The Kier molecular flexibility index (Phi) is 3.08. The summed E-state index contributed by atoms with van der Waals surface area (Å²) in [5, 5.41) is 5.68. The number of rotatable bonds is 2. The fraction of sp³-hybridized carbons (Fsp3) is 0.286. The van der Waals surface area contributed by atoms with Crippen LogP contribution in [0.2, 0.25) is 0 Å². The number of thiazole rings is 1. The van der Waals surface area contributed by atoms with Gasteiger partial charge >= 0.3 is 0 Å². The summed E-state index contributed by atoms with van der Waals surface area (Å²) in [6, 6.07) is 0. The molecule has 4 heterocycles. The highest BCUT2D eigenvalue weighted by Gasteiger charge is 2.23. The maximum atomic E-state index is 12.6. The van der Waals surface area contributed by atoms with Crippen molar-refractivity contribution in [3.63, 3.8) is 0 Å². The van der Waals surface area contributed by atoms with Gasteiger partial charge in [-0.05, 0) is 18.9 Å². The zero-order chi connectivity index (χ0) is 15.3. The van der Waals surface area contributed by atoms with Crippen molar-refractivity contribution < 1.29 is 4.79 Å². The topological polar surface area (TPSA) is 76.9 Å². The minimum atomic E-state index is -0.236. The molecule has 8 heteroatoms. The summed E-state index contributed by atoms with van der Waals surface area (Å²) in [4.78, 5) is 34.8. The van der Waals surface area contributed by atoms with Crippen LogP contribution in [0.1, 0.15) is 27.5 Å².